The van der Waals surface area contributed by atoms with Crippen molar-refractivity contribution in [3.8, 4) is 5.75 Å². The minimum Gasteiger partial charge on any atom is -0.497 e. The lowest BCUT2D eigenvalue weighted by molar-refractivity contribution is 0.414. The van der Waals surface area contributed by atoms with E-state index >= 15 is 0 Å². The van der Waals surface area contributed by atoms with Gasteiger partial charge in [0.25, 0.3) is 0 Å². The topological polar surface area (TPSA) is 50.8 Å². The molecule has 18 heavy (non-hydrogen) atoms. The molecule has 98 valence electrons. The number of aliphatic imine (C=N–C) groups is 1. The van der Waals surface area contributed by atoms with Crippen LogP contribution in [-0.2, 0) is 6.42 Å². The summed E-state index contributed by atoms with van der Waals surface area (Å²) in [6.07, 6.45) is 3.44. The number of nitrogens with zero attached hydrogens (tertiary/aromatic N) is 2. The van der Waals surface area contributed by atoms with Gasteiger partial charge in [0.15, 0.2) is 5.96 Å². The molecule has 1 aliphatic heterocycles. The fraction of sp³-hybridized carbons (Fsp3) is 0.500. The SMILES string of the molecule is COc1ccc(CCCCN2CCN=C2N)cc1. The van der Waals surface area contributed by atoms with Gasteiger partial charge in [-0.15, -0.1) is 0 Å². The van der Waals surface area contributed by atoms with Crippen molar-refractivity contribution in [3.63, 3.8) is 0 Å². The second-order valence-corrected chi connectivity index (χ2v) is 4.53. The Balaban J connectivity index is 1.67. The number of unbranched alkanes of at least 4 members (excludes halogenated alkanes) is 1. The standard InChI is InChI=1S/C14H21N3O/c1-18-13-7-5-12(6-8-13)4-2-3-10-17-11-9-16-14(17)15/h5-8H,2-4,9-11H2,1H3,(H2,15,16). The van der Waals surface area contributed by atoms with E-state index in [1.54, 1.807) is 7.11 Å². The zero-order chi connectivity index (χ0) is 12.8. The van der Waals surface area contributed by atoms with E-state index in [9.17, 15) is 0 Å². The Bertz CT molecular complexity index is 400. The maximum atomic E-state index is 5.77. The van der Waals surface area contributed by atoms with Crippen LogP contribution < -0.4 is 10.5 Å². The molecule has 1 aromatic rings. The van der Waals surface area contributed by atoms with Crippen LogP contribution in [0.2, 0.25) is 0 Å². The first-order valence-electron chi connectivity index (χ1n) is 6.47. The third-order valence-electron chi connectivity index (χ3n) is 3.27. The lowest BCUT2D eigenvalue weighted by Crippen LogP contribution is -2.34. The van der Waals surface area contributed by atoms with Crippen molar-refractivity contribution in [2.45, 2.75) is 19.3 Å². The molecule has 4 heteroatoms. The highest BCUT2D eigenvalue weighted by Crippen LogP contribution is 2.13. The summed E-state index contributed by atoms with van der Waals surface area (Å²) in [5.74, 6) is 1.62. The van der Waals surface area contributed by atoms with Crippen LogP contribution in [0.4, 0.5) is 0 Å². The molecular formula is C14H21N3O. The minimum atomic E-state index is 0.708. The molecule has 0 spiro atoms. The van der Waals surface area contributed by atoms with E-state index < -0.39 is 0 Å². The van der Waals surface area contributed by atoms with Gasteiger partial charge in [-0.3, -0.25) is 4.99 Å². The van der Waals surface area contributed by atoms with Crippen molar-refractivity contribution in [1.29, 1.82) is 0 Å². The number of hydrogen-bond acceptors (Lipinski definition) is 4. The van der Waals surface area contributed by atoms with Gasteiger partial charge in [0.1, 0.15) is 5.75 Å². The van der Waals surface area contributed by atoms with Crippen molar-refractivity contribution in [2.75, 3.05) is 26.7 Å². The zero-order valence-electron chi connectivity index (χ0n) is 10.9. The summed E-state index contributed by atoms with van der Waals surface area (Å²) in [5.41, 5.74) is 7.13. The molecule has 0 fully saturated rings. The number of benzene rings is 1. The molecule has 0 unspecified atom stereocenters. The van der Waals surface area contributed by atoms with Crippen LogP contribution in [0.25, 0.3) is 0 Å². The summed E-state index contributed by atoms with van der Waals surface area (Å²) in [4.78, 5) is 6.34. The number of hydrogen-bond donors (Lipinski definition) is 1. The van der Waals surface area contributed by atoms with Gasteiger partial charge in [0.05, 0.1) is 13.7 Å². The first kappa shape index (κ1) is 12.7. The van der Waals surface area contributed by atoms with E-state index in [2.05, 4.69) is 22.0 Å². The Hall–Kier alpha value is -1.71. The molecule has 4 nitrogen and oxygen atoms in total. The Morgan fingerprint density at radius 1 is 1.28 bits per heavy atom. The predicted molar refractivity (Wildman–Crippen MR) is 74.0 cm³/mol. The van der Waals surface area contributed by atoms with Crippen LogP contribution in [0.3, 0.4) is 0 Å². The van der Waals surface area contributed by atoms with Crippen LogP contribution in [0, 0.1) is 0 Å². The Morgan fingerprint density at radius 3 is 2.67 bits per heavy atom. The average molecular weight is 247 g/mol. The molecule has 2 rings (SSSR count). The van der Waals surface area contributed by atoms with Crippen molar-refractivity contribution in [1.82, 2.24) is 4.90 Å². The Labute approximate surface area is 108 Å². The van der Waals surface area contributed by atoms with Gasteiger partial charge in [0.2, 0.25) is 0 Å². The van der Waals surface area contributed by atoms with Gasteiger partial charge < -0.3 is 15.4 Å². The molecule has 0 saturated heterocycles. The van der Waals surface area contributed by atoms with Crippen LogP contribution in [0.5, 0.6) is 5.75 Å². The Morgan fingerprint density at radius 2 is 2.06 bits per heavy atom. The summed E-state index contributed by atoms with van der Waals surface area (Å²) in [5, 5.41) is 0. The first-order valence-corrected chi connectivity index (χ1v) is 6.47. The lowest BCUT2D eigenvalue weighted by atomic mass is 10.1. The van der Waals surface area contributed by atoms with E-state index in [-0.39, 0.29) is 0 Å². The number of methoxy groups -OCH3 is 1. The van der Waals surface area contributed by atoms with Crippen molar-refractivity contribution < 1.29 is 4.74 Å². The van der Waals surface area contributed by atoms with Gasteiger partial charge in [-0.05, 0) is 37.0 Å². The number of rotatable bonds is 6. The lowest BCUT2D eigenvalue weighted by Gasteiger charge is -2.16. The van der Waals surface area contributed by atoms with E-state index in [1.165, 1.54) is 12.0 Å². The highest BCUT2D eigenvalue weighted by molar-refractivity contribution is 5.79. The van der Waals surface area contributed by atoms with E-state index in [4.69, 9.17) is 10.5 Å². The smallest absolute Gasteiger partial charge is 0.191 e. The van der Waals surface area contributed by atoms with Crippen LogP contribution in [0.15, 0.2) is 29.3 Å². The van der Waals surface area contributed by atoms with Crippen molar-refractivity contribution >= 4 is 5.96 Å². The maximum absolute atomic E-state index is 5.77. The zero-order valence-corrected chi connectivity index (χ0v) is 10.9. The highest BCUT2D eigenvalue weighted by atomic mass is 16.5. The fourth-order valence-corrected chi connectivity index (χ4v) is 2.15. The van der Waals surface area contributed by atoms with E-state index in [1.807, 2.05) is 12.1 Å². The highest BCUT2D eigenvalue weighted by Gasteiger charge is 2.11. The molecule has 1 aromatic carbocycles. The van der Waals surface area contributed by atoms with Gasteiger partial charge in [0, 0.05) is 13.1 Å². The Kier molecular flexibility index (Phi) is 4.45. The van der Waals surface area contributed by atoms with Crippen LogP contribution >= 0.6 is 0 Å². The third-order valence-corrected chi connectivity index (χ3v) is 3.27. The molecule has 1 aliphatic rings. The second-order valence-electron chi connectivity index (χ2n) is 4.53. The molecule has 0 amide bonds. The number of ether oxygens (including phenoxy) is 1. The molecule has 1 heterocycles. The average Bonchev–Trinajstić information content (AvgIpc) is 2.81. The predicted octanol–water partition coefficient (Wildman–Crippen LogP) is 1.65. The summed E-state index contributed by atoms with van der Waals surface area (Å²) >= 11 is 0. The fourth-order valence-electron chi connectivity index (χ4n) is 2.15. The second kappa shape index (κ2) is 6.28. The molecule has 2 N–H and O–H groups in total. The van der Waals surface area contributed by atoms with Gasteiger partial charge in [-0.25, -0.2) is 0 Å². The quantitative estimate of drug-likeness (QED) is 0.778. The maximum Gasteiger partial charge on any atom is 0.191 e. The molecule has 0 aliphatic carbocycles. The molecule has 0 atom stereocenters. The van der Waals surface area contributed by atoms with Crippen LogP contribution in [0.1, 0.15) is 18.4 Å². The monoisotopic (exact) mass is 247 g/mol. The third kappa shape index (κ3) is 3.39. The number of guanidine groups is 1. The first-order chi connectivity index (χ1) is 8.79. The van der Waals surface area contributed by atoms with Gasteiger partial charge >= 0.3 is 0 Å². The summed E-state index contributed by atoms with van der Waals surface area (Å²) in [6.45, 7) is 2.85. The molecule has 0 saturated carbocycles. The number of aryl methyl sites for hydroxylation is 1. The normalized spacial score (nSPS) is 14.7. The van der Waals surface area contributed by atoms with E-state index in [0.717, 1.165) is 38.2 Å². The summed E-state index contributed by atoms with van der Waals surface area (Å²) in [6, 6.07) is 8.29. The van der Waals surface area contributed by atoms with Gasteiger partial charge in [-0.1, -0.05) is 12.1 Å². The van der Waals surface area contributed by atoms with Crippen molar-refractivity contribution in [3.05, 3.63) is 29.8 Å². The van der Waals surface area contributed by atoms with Gasteiger partial charge in [-0.2, -0.15) is 0 Å². The summed E-state index contributed by atoms with van der Waals surface area (Å²) in [7, 11) is 1.69. The van der Waals surface area contributed by atoms with Crippen LogP contribution in [-0.4, -0.2) is 37.6 Å². The minimum absolute atomic E-state index is 0.708. The number of nitrogens with two attached hydrogens (primary N) is 1. The molecule has 0 bridgehead atoms. The molecule has 0 radical (unpaired) electrons. The van der Waals surface area contributed by atoms with Crippen molar-refractivity contribution in [2.24, 2.45) is 10.7 Å². The largest absolute Gasteiger partial charge is 0.497 e. The van der Waals surface area contributed by atoms with E-state index in [0.29, 0.717) is 5.96 Å². The molecular weight excluding hydrogens is 226 g/mol. The molecule has 0 aromatic heterocycles. The summed E-state index contributed by atoms with van der Waals surface area (Å²) < 4.78 is 5.14.